The van der Waals surface area contributed by atoms with Crippen molar-refractivity contribution in [3.63, 3.8) is 0 Å². The van der Waals surface area contributed by atoms with Crippen LogP contribution in [-0.2, 0) is 25.5 Å². The van der Waals surface area contributed by atoms with Crippen molar-refractivity contribution in [3.8, 4) is 28.3 Å². The summed E-state index contributed by atoms with van der Waals surface area (Å²) in [6, 6.07) is 44.9. The van der Waals surface area contributed by atoms with Crippen molar-refractivity contribution in [3.05, 3.63) is 144 Å². The Labute approximate surface area is 341 Å². The van der Waals surface area contributed by atoms with Crippen LogP contribution in [0.5, 0.6) is 0 Å². The van der Waals surface area contributed by atoms with Crippen LogP contribution >= 0.6 is 0 Å². The SMILES string of the molecule is CC(C)(C)c1c[c-]c(-c2ccc([Si](C)(C)C)cn2)cc1.CC(C)c1cccc(C(C)C)c1-n1c(-c2[c-]ccc3c2oc2ccccc23)nc2ccccc21.[Ir]. The van der Waals surface area contributed by atoms with Gasteiger partial charge in [0, 0.05) is 37.4 Å². The number of furan rings is 1. The van der Waals surface area contributed by atoms with E-state index in [9.17, 15) is 0 Å². The molecule has 0 aliphatic rings. The van der Waals surface area contributed by atoms with Gasteiger partial charge in [-0.15, -0.1) is 53.6 Å². The summed E-state index contributed by atoms with van der Waals surface area (Å²) in [5.74, 6) is 1.60. The van der Waals surface area contributed by atoms with Gasteiger partial charge in [-0.25, -0.2) is 0 Å². The van der Waals surface area contributed by atoms with Gasteiger partial charge < -0.3 is 14.0 Å². The van der Waals surface area contributed by atoms with Crippen LogP contribution < -0.4 is 5.19 Å². The number of nitrogens with zero attached hydrogens (tertiary/aromatic N) is 3. The molecule has 0 unspecified atom stereocenters. The Hall–Kier alpha value is -4.61. The molecule has 0 saturated heterocycles. The predicted octanol–water partition coefficient (Wildman–Crippen LogP) is 13.0. The van der Waals surface area contributed by atoms with Crippen LogP contribution in [0.1, 0.15) is 77.0 Å². The standard InChI is InChI=1S/C31H27N2O.C18H24NSi.Ir/c1-19(2)21-12-9-13-22(20(3)4)29(21)33-27-17-7-6-16-26(27)32-31(33)25-15-10-14-24-23-11-5-8-18-28(23)34-30(24)25;1-18(2,3)15-9-7-14(8-10-15)17-12-11-16(13-19-17)20(4,5)6;/h5-14,16-20H,1-4H3;7,9-13H,1-6H3;/q2*-1;. The topological polar surface area (TPSA) is 43.9 Å². The van der Waals surface area contributed by atoms with Crippen LogP contribution in [0.3, 0.4) is 0 Å². The molecule has 4 nitrogen and oxygen atoms in total. The fourth-order valence-electron chi connectivity index (χ4n) is 7.09. The zero-order valence-corrected chi connectivity index (χ0v) is 37.1. The molecule has 0 atom stereocenters. The van der Waals surface area contributed by atoms with Gasteiger partial charge in [-0.1, -0.05) is 140 Å². The molecule has 0 amide bonds. The average Bonchev–Trinajstić information content (AvgIpc) is 3.73. The number of fused-ring (bicyclic) bond motifs is 4. The van der Waals surface area contributed by atoms with Gasteiger partial charge in [-0.05, 0) is 57.5 Å². The van der Waals surface area contributed by atoms with E-state index in [1.807, 2.05) is 30.5 Å². The quantitative estimate of drug-likeness (QED) is 0.123. The number of para-hydroxylation sites is 4. The summed E-state index contributed by atoms with van der Waals surface area (Å²) in [6.45, 7) is 22.7. The first-order valence-electron chi connectivity index (χ1n) is 19.1. The molecule has 0 aliphatic carbocycles. The molecule has 0 aliphatic heterocycles. The minimum Gasteiger partial charge on any atom is -0.501 e. The number of hydrogen-bond donors (Lipinski definition) is 0. The van der Waals surface area contributed by atoms with Crippen LogP contribution in [0.25, 0.3) is 61.3 Å². The summed E-state index contributed by atoms with van der Waals surface area (Å²) in [6.07, 6.45) is 2.03. The minimum atomic E-state index is -1.26. The third-order valence-electron chi connectivity index (χ3n) is 10.3. The van der Waals surface area contributed by atoms with Gasteiger partial charge in [0.2, 0.25) is 0 Å². The fourth-order valence-corrected chi connectivity index (χ4v) is 8.13. The summed E-state index contributed by atoms with van der Waals surface area (Å²) in [5, 5.41) is 3.60. The van der Waals surface area contributed by atoms with Crippen molar-refractivity contribution in [1.29, 1.82) is 0 Å². The zero-order chi connectivity index (χ0) is 38.4. The summed E-state index contributed by atoms with van der Waals surface area (Å²) in [7, 11) is -1.26. The van der Waals surface area contributed by atoms with Gasteiger partial charge in [-0.3, -0.25) is 4.98 Å². The Balaban J connectivity index is 0.000000211. The van der Waals surface area contributed by atoms with Gasteiger partial charge in [0.15, 0.2) is 0 Å². The van der Waals surface area contributed by atoms with E-state index in [0.29, 0.717) is 11.8 Å². The van der Waals surface area contributed by atoms with E-state index in [1.54, 1.807) is 0 Å². The number of pyridine rings is 1. The second-order valence-electron chi connectivity index (χ2n) is 17.0. The van der Waals surface area contributed by atoms with Gasteiger partial charge in [0.05, 0.1) is 30.5 Å². The van der Waals surface area contributed by atoms with Crippen molar-refractivity contribution < 1.29 is 24.5 Å². The van der Waals surface area contributed by atoms with E-state index >= 15 is 0 Å². The Morgan fingerprint density at radius 2 is 1.42 bits per heavy atom. The smallest absolute Gasteiger partial charge is 0.120 e. The Morgan fingerprint density at radius 1 is 0.727 bits per heavy atom. The number of benzene rings is 5. The first kappa shape index (κ1) is 40.1. The third-order valence-corrected chi connectivity index (χ3v) is 12.3. The number of imidazole rings is 1. The van der Waals surface area contributed by atoms with Gasteiger partial charge in [-0.2, -0.15) is 0 Å². The summed E-state index contributed by atoms with van der Waals surface area (Å²) in [4.78, 5) is 9.76. The van der Waals surface area contributed by atoms with Crippen LogP contribution in [-0.4, -0.2) is 22.6 Å². The molecule has 8 aromatic rings. The third kappa shape index (κ3) is 8.05. The molecule has 0 N–H and O–H groups in total. The fraction of sp³-hybridized carbons (Fsp3) is 0.265. The normalized spacial score (nSPS) is 12.0. The molecule has 0 spiro atoms. The maximum Gasteiger partial charge on any atom is 0.120 e. The van der Waals surface area contributed by atoms with Crippen LogP contribution in [0.15, 0.2) is 120 Å². The van der Waals surface area contributed by atoms with E-state index in [4.69, 9.17) is 9.40 Å². The maximum absolute atomic E-state index is 6.40. The second kappa shape index (κ2) is 15.9. The van der Waals surface area contributed by atoms with Crippen molar-refractivity contribution in [2.45, 2.75) is 85.4 Å². The van der Waals surface area contributed by atoms with Crippen molar-refractivity contribution >= 4 is 46.2 Å². The van der Waals surface area contributed by atoms with Crippen molar-refractivity contribution in [1.82, 2.24) is 14.5 Å². The van der Waals surface area contributed by atoms with Crippen LogP contribution in [0.4, 0.5) is 0 Å². The number of rotatable bonds is 6. The zero-order valence-electron chi connectivity index (χ0n) is 33.7. The van der Waals surface area contributed by atoms with E-state index in [-0.39, 0.29) is 25.5 Å². The number of hydrogen-bond acceptors (Lipinski definition) is 3. The molecular formula is C49H51IrN3OSi-2. The van der Waals surface area contributed by atoms with E-state index in [1.165, 1.54) is 27.6 Å². The minimum absolute atomic E-state index is 0. The van der Waals surface area contributed by atoms with Crippen LogP contribution in [0, 0.1) is 12.1 Å². The molecule has 8 rings (SSSR count). The summed E-state index contributed by atoms with van der Waals surface area (Å²) >= 11 is 0. The van der Waals surface area contributed by atoms with E-state index in [2.05, 4.69) is 175 Å². The molecule has 0 bridgehead atoms. The monoisotopic (exact) mass is 918 g/mol. The van der Waals surface area contributed by atoms with Gasteiger partial charge in [0.1, 0.15) is 5.58 Å². The Morgan fingerprint density at radius 3 is 2.04 bits per heavy atom. The molecule has 3 aromatic heterocycles. The molecule has 283 valence electrons. The first-order chi connectivity index (χ1) is 25.7. The Bertz CT molecular complexity index is 2480. The summed E-state index contributed by atoms with van der Waals surface area (Å²) in [5.41, 5.74) is 12.0. The number of aromatic nitrogens is 3. The molecular weight excluding hydrogens is 867 g/mol. The molecule has 5 aromatic carbocycles. The summed E-state index contributed by atoms with van der Waals surface area (Å²) < 4.78 is 8.73. The van der Waals surface area contributed by atoms with Gasteiger partial charge >= 0.3 is 0 Å². The van der Waals surface area contributed by atoms with Crippen molar-refractivity contribution in [2.75, 3.05) is 0 Å². The molecule has 0 saturated carbocycles. The van der Waals surface area contributed by atoms with Gasteiger partial charge in [0.25, 0.3) is 0 Å². The molecule has 55 heavy (non-hydrogen) atoms. The van der Waals surface area contributed by atoms with Crippen molar-refractivity contribution in [2.24, 2.45) is 0 Å². The molecule has 1 radical (unpaired) electrons. The Kier molecular flexibility index (Phi) is 11.6. The molecule has 3 heterocycles. The van der Waals surface area contributed by atoms with E-state index in [0.717, 1.165) is 55.6 Å². The second-order valence-corrected chi connectivity index (χ2v) is 22.0. The van der Waals surface area contributed by atoms with E-state index < -0.39 is 8.07 Å². The first-order valence-corrected chi connectivity index (χ1v) is 22.6. The molecule has 0 fully saturated rings. The maximum atomic E-state index is 6.40. The van der Waals surface area contributed by atoms with Crippen LogP contribution in [0.2, 0.25) is 19.6 Å². The largest absolute Gasteiger partial charge is 0.501 e. The average molecular weight is 918 g/mol. The molecule has 6 heteroatoms. The predicted molar refractivity (Wildman–Crippen MR) is 231 cm³/mol.